The van der Waals surface area contributed by atoms with Crippen LogP contribution in [0.3, 0.4) is 0 Å². The van der Waals surface area contributed by atoms with E-state index in [9.17, 15) is 4.79 Å². The number of likely N-dealkylation sites (tertiary alicyclic amines) is 1. The number of hydrogen-bond donors (Lipinski definition) is 1. The molecule has 1 aliphatic carbocycles. The normalized spacial score (nSPS) is 26.2. The first-order valence-electron chi connectivity index (χ1n) is 7.89. The van der Waals surface area contributed by atoms with Crippen LogP contribution in [0.2, 0.25) is 0 Å². The van der Waals surface area contributed by atoms with Gasteiger partial charge in [0.2, 0.25) is 0 Å². The molecule has 0 amide bonds. The molecule has 0 aromatic carbocycles. The first-order chi connectivity index (χ1) is 10.2. The van der Waals surface area contributed by atoms with E-state index in [-0.39, 0.29) is 5.56 Å². The summed E-state index contributed by atoms with van der Waals surface area (Å²) in [6, 6.07) is 5.48. The fraction of sp³-hybridized carbons (Fsp3) is 0.688. The minimum atomic E-state index is 0.0250. The summed E-state index contributed by atoms with van der Waals surface area (Å²) < 4.78 is 6.76. The van der Waals surface area contributed by atoms with Crippen LogP contribution in [-0.4, -0.2) is 47.9 Å². The van der Waals surface area contributed by atoms with Crippen LogP contribution in [0.25, 0.3) is 0 Å². The molecule has 0 radical (unpaired) electrons. The fourth-order valence-electron chi connectivity index (χ4n) is 3.29. The molecule has 1 N–H and O–H groups in total. The van der Waals surface area contributed by atoms with Crippen molar-refractivity contribution in [3.63, 3.8) is 0 Å². The van der Waals surface area contributed by atoms with Gasteiger partial charge >= 0.3 is 0 Å². The second kappa shape index (κ2) is 6.20. The molecular weight excluding hydrogens is 266 g/mol. The summed E-state index contributed by atoms with van der Waals surface area (Å²) in [5, 5.41) is 3.59. The van der Waals surface area contributed by atoms with E-state index < -0.39 is 0 Å². The Kier molecular flexibility index (Phi) is 4.31. The summed E-state index contributed by atoms with van der Waals surface area (Å²) >= 11 is 0. The lowest BCUT2D eigenvalue weighted by atomic mass is 10.2. The van der Waals surface area contributed by atoms with Gasteiger partial charge in [-0.2, -0.15) is 0 Å². The first kappa shape index (κ1) is 14.6. The van der Waals surface area contributed by atoms with Gasteiger partial charge in [0.15, 0.2) is 0 Å². The minimum absolute atomic E-state index is 0.0250. The molecule has 3 rings (SSSR count). The molecule has 2 unspecified atom stereocenters. The molecule has 2 fully saturated rings. The predicted octanol–water partition coefficient (Wildman–Crippen LogP) is 1.53. The Morgan fingerprint density at radius 2 is 2.19 bits per heavy atom. The minimum Gasteiger partial charge on any atom is -0.383 e. The van der Waals surface area contributed by atoms with Gasteiger partial charge in [-0.25, -0.2) is 0 Å². The molecular formula is C16H25N3O2. The lowest BCUT2D eigenvalue weighted by molar-refractivity contribution is 0.186. The van der Waals surface area contributed by atoms with Crippen LogP contribution in [0.4, 0.5) is 5.69 Å². The van der Waals surface area contributed by atoms with Gasteiger partial charge in [0.05, 0.1) is 12.3 Å². The molecule has 2 aliphatic rings. The topological polar surface area (TPSA) is 46.5 Å². The van der Waals surface area contributed by atoms with E-state index in [4.69, 9.17) is 4.74 Å². The van der Waals surface area contributed by atoms with Crippen molar-refractivity contribution >= 4 is 5.69 Å². The maximum absolute atomic E-state index is 11.8. The number of rotatable bonds is 6. The molecule has 116 valence electrons. The number of nitrogens with one attached hydrogen (secondary N) is 1. The Morgan fingerprint density at radius 3 is 2.90 bits per heavy atom. The van der Waals surface area contributed by atoms with Gasteiger partial charge in [0, 0.05) is 50.6 Å². The van der Waals surface area contributed by atoms with Crippen molar-refractivity contribution in [1.29, 1.82) is 0 Å². The highest BCUT2D eigenvalue weighted by molar-refractivity contribution is 5.41. The number of nitrogens with zero attached hydrogens (tertiary/aromatic N) is 2. The summed E-state index contributed by atoms with van der Waals surface area (Å²) in [5.74, 6) is 0. The molecule has 0 bridgehead atoms. The summed E-state index contributed by atoms with van der Waals surface area (Å²) in [6.07, 6.45) is 5.80. The third-order valence-corrected chi connectivity index (χ3v) is 4.53. The van der Waals surface area contributed by atoms with Gasteiger partial charge in [-0.3, -0.25) is 9.69 Å². The molecule has 2 atom stereocenters. The van der Waals surface area contributed by atoms with Crippen LogP contribution in [0, 0.1) is 0 Å². The molecule has 1 aromatic heterocycles. The largest absolute Gasteiger partial charge is 0.383 e. The van der Waals surface area contributed by atoms with Crippen LogP contribution >= 0.6 is 0 Å². The zero-order valence-electron chi connectivity index (χ0n) is 12.9. The van der Waals surface area contributed by atoms with E-state index in [2.05, 4.69) is 17.1 Å². The van der Waals surface area contributed by atoms with E-state index in [0.717, 1.165) is 18.3 Å². The maximum atomic E-state index is 11.8. The predicted molar refractivity (Wildman–Crippen MR) is 83.8 cm³/mol. The van der Waals surface area contributed by atoms with E-state index in [1.807, 2.05) is 12.3 Å². The number of hydrogen-bond acceptors (Lipinski definition) is 4. The smallest absolute Gasteiger partial charge is 0.250 e. The quantitative estimate of drug-likeness (QED) is 0.863. The molecule has 5 heteroatoms. The molecule has 0 spiro atoms. The lowest BCUT2D eigenvalue weighted by Gasteiger charge is -2.20. The van der Waals surface area contributed by atoms with Crippen molar-refractivity contribution in [2.24, 2.45) is 0 Å². The summed E-state index contributed by atoms with van der Waals surface area (Å²) in [5.41, 5.74) is 1.05. The highest BCUT2D eigenvalue weighted by Gasteiger charge is 2.38. The fourth-order valence-corrected chi connectivity index (χ4v) is 3.29. The number of methoxy groups -OCH3 is 1. The summed E-state index contributed by atoms with van der Waals surface area (Å²) in [7, 11) is 1.65. The Hall–Kier alpha value is -1.33. The van der Waals surface area contributed by atoms with Gasteiger partial charge in [-0.1, -0.05) is 0 Å². The highest BCUT2D eigenvalue weighted by atomic mass is 16.5. The third-order valence-electron chi connectivity index (χ3n) is 4.53. The van der Waals surface area contributed by atoms with E-state index in [1.54, 1.807) is 17.7 Å². The highest BCUT2D eigenvalue weighted by Crippen LogP contribution is 2.33. The van der Waals surface area contributed by atoms with Gasteiger partial charge < -0.3 is 14.6 Å². The van der Waals surface area contributed by atoms with Crippen LogP contribution < -0.4 is 10.9 Å². The van der Waals surface area contributed by atoms with Gasteiger partial charge in [0.25, 0.3) is 5.56 Å². The lowest BCUT2D eigenvalue weighted by Crippen LogP contribution is -2.31. The number of pyridine rings is 1. The van der Waals surface area contributed by atoms with Crippen molar-refractivity contribution in [3.05, 3.63) is 28.7 Å². The van der Waals surface area contributed by atoms with Crippen LogP contribution in [0.15, 0.2) is 23.1 Å². The molecule has 1 saturated heterocycles. The second-order valence-corrected chi connectivity index (χ2v) is 6.30. The average molecular weight is 291 g/mol. The monoisotopic (exact) mass is 291 g/mol. The van der Waals surface area contributed by atoms with Crippen molar-refractivity contribution < 1.29 is 4.74 Å². The molecule has 1 saturated carbocycles. The van der Waals surface area contributed by atoms with Crippen molar-refractivity contribution in [2.45, 2.75) is 50.9 Å². The van der Waals surface area contributed by atoms with Crippen LogP contribution in [-0.2, 0) is 11.3 Å². The second-order valence-electron chi connectivity index (χ2n) is 6.30. The Bertz CT molecular complexity index is 539. The summed E-state index contributed by atoms with van der Waals surface area (Å²) in [6.45, 7) is 4.59. The van der Waals surface area contributed by atoms with Gasteiger partial charge in [0.1, 0.15) is 0 Å². The van der Waals surface area contributed by atoms with Crippen molar-refractivity contribution in [3.8, 4) is 0 Å². The Labute approximate surface area is 125 Å². The molecule has 2 heterocycles. The van der Waals surface area contributed by atoms with E-state index in [0.29, 0.717) is 25.2 Å². The van der Waals surface area contributed by atoms with Crippen molar-refractivity contribution in [1.82, 2.24) is 9.47 Å². The molecule has 1 aliphatic heterocycles. The van der Waals surface area contributed by atoms with Gasteiger partial charge in [-0.05, 0) is 32.3 Å². The molecule has 5 nitrogen and oxygen atoms in total. The zero-order valence-corrected chi connectivity index (χ0v) is 12.9. The summed E-state index contributed by atoms with van der Waals surface area (Å²) in [4.78, 5) is 14.4. The Morgan fingerprint density at radius 1 is 1.38 bits per heavy atom. The maximum Gasteiger partial charge on any atom is 0.250 e. The average Bonchev–Trinajstić information content (AvgIpc) is 3.24. The number of aromatic nitrogens is 1. The van der Waals surface area contributed by atoms with E-state index in [1.165, 1.54) is 19.3 Å². The standard InChI is InChI=1S/C16H25N3O2/c1-12-9-14(11-19(12)15-4-5-15)17-13-3-6-16(20)18(10-13)7-8-21-2/h3,6,10,12,14-15,17H,4-5,7-9,11H2,1-2H3. The molecule has 21 heavy (non-hydrogen) atoms. The SMILES string of the molecule is COCCn1cc(NC2CC(C)N(C3CC3)C2)ccc1=O. The number of ether oxygens (including phenoxy) is 1. The van der Waals surface area contributed by atoms with Crippen LogP contribution in [0.1, 0.15) is 26.2 Å². The van der Waals surface area contributed by atoms with Gasteiger partial charge in [-0.15, -0.1) is 0 Å². The molecule has 1 aromatic rings. The Balaban J connectivity index is 1.63. The van der Waals surface area contributed by atoms with Crippen LogP contribution in [0.5, 0.6) is 0 Å². The first-order valence-corrected chi connectivity index (χ1v) is 7.89. The number of anilines is 1. The van der Waals surface area contributed by atoms with E-state index >= 15 is 0 Å². The zero-order chi connectivity index (χ0) is 14.8. The third kappa shape index (κ3) is 3.47. The van der Waals surface area contributed by atoms with Crippen molar-refractivity contribution in [2.75, 3.05) is 25.6 Å².